The fourth-order valence-corrected chi connectivity index (χ4v) is 2.44. The van der Waals surface area contributed by atoms with Crippen molar-refractivity contribution < 1.29 is 9.90 Å². The molecule has 0 spiro atoms. The van der Waals surface area contributed by atoms with Crippen LogP contribution in [0, 0.1) is 5.41 Å². The maximum atomic E-state index is 12.1. The number of hydrogen-bond donors (Lipinski definition) is 2. The number of hydrogen-bond acceptors (Lipinski definition) is 2. The van der Waals surface area contributed by atoms with E-state index in [1.165, 1.54) is 12.8 Å². The Balaban J connectivity index is 2.50. The van der Waals surface area contributed by atoms with Gasteiger partial charge in [-0.25, -0.2) is 0 Å². The summed E-state index contributed by atoms with van der Waals surface area (Å²) in [4.78, 5) is 12.1. The van der Waals surface area contributed by atoms with Gasteiger partial charge in [0.1, 0.15) is 0 Å². The van der Waals surface area contributed by atoms with E-state index in [0.717, 1.165) is 19.3 Å². The van der Waals surface area contributed by atoms with Crippen LogP contribution >= 0.6 is 0 Å². The lowest BCUT2D eigenvalue weighted by Gasteiger charge is -2.28. The molecule has 1 aliphatic rings. The molecular formula is C12H23NO2. The van der Waals surface area contributed by atoms with E-state index in [-0.39, 0.29) is 24.0 Å². The van der Waals surface area contributed by atoms with Crippen LogP contribution in [0.25, 0.3) is 0 Å². The summed E-state index contributed by atoms with van der Waals surface area (Å²) in [6, 6.07) is 0.0894. The molecule has 0 aliphatic heterocycles. The second-order valence-electron chi connectivity index (χ2n) is 4.73. The molecule has 0 saturated heterocycles. The smallest absolute Gasteiger partial charge is 0.226 e. The Hall–Kier alpha value is -0.570. The summed E-state index contributed by atoms with van der Waals surface area (Å²) in [5, 5.41) is 11.8. The molecule has 3 nitrogen and oxygen atoms in total. The maximum absolute atomic E-state index is 12.1. The zero-order valence-electron chi connectivity index (χ0n) is 9.88. The Labute approximate surface area is 92.3 Å². The van der Waals surface area contributed by atoms with Crippen LogP contribution in [-0.4, -0.2) is 23.7 Å². The molecule has 0 aromatic rings. The molecule has 1 rings (SSSR count). The predicted octanol–water partition coefficient (Wildman–Crippen LogP) is 1.84. The molecule has 2 N–H and O–H groups in total. The zero-order valence-corrected chi connectivity index (χ0v) is 9.88. The summed E-state index contributed by atoms with van der Waals surface area (Å²) in [7, 11) is 0. The number of carbonyl (C=O) groups excluding carboxylic acids is 1. The molecule has 1 amide bonds. The van der Waals surface area contributed by atoms with Gasteiger partial charge < -0.3 is 10.4 Å². The highest BCUT2D eigenvalue weighted by molar-refractivity contribution is 5.83. The van der Waals surface area contributed by atoms with Crippen molar-refractivity contribution in [3.8, 4) is 0 Å². The van der Waals surface area contributed by atoms with Crippen molar-refractivity contribution in [1.29, 1.82) is 0 Å². The molecule has 3 heteroatoms. The first-order chi connectivity index (χ1) is 7.14. The van der Waals surface area contributed by atoms with Crippen molar-refractivity contribution in [2.45, 2.75) is 58.4 Å². The maximum Gasteiger partial charge on any atom is 0.226 e. The standard InChI is InChI=1S/C12H23NO2/c1-3-12(7-4-5-8-12)11(15)13-10(2)6-9-14/h10,14H,3-9H2,1-2H3,(H,13,15). The minimum atomic E-state index is -0.107. The van der Waals surface area contributed by atoms with Gasteiger partial charge in [0.2, 0.25) is 5.91 Å². The van der Waals surface area contributed by atoms with Gasteiger partial charge in [0, 0.05) is 18.1 Å². The summed E-state index contributed by atoms with van der Waals surface area (Å²) in [6.07, 6.45) is 5.99. The summed E-state index contributed by atoms with van der Waals surface area (Å²) in [5.74, 6) is 0.198. The largest absolute Gasteiger partial charge is 0.396 e. The van der Waals surface area contributed by atoms with Crippen molar-refractivity contribution in [1.82, 2.24) is 5.32 Å². The lowest BCUT2D eigenvalue weighted by Crippen LogP contribution is -2.43. The van der Waals surface area contributed by atoms with Crippen LogP contribution in [0.15, 0.2) is 0 Å². The number of nitrogens with one attached hydrogen (secondary N) is 1. The van der Waals surface area contributed by atoms with Gasteiger partial charge in [-0.1, -0.05) is 19.8 Å². The van der Waals surface area contributed by atoms with Gasteiger partial charge in [0.15, 0.2) is 0 Å². The van der Waals surface area contributed by atoms with Gasteiger partial charge in [0.05, 0.1) is 0 Å². The van der Waals surface area contributed by atoms with Crippen LogP contribution in [-0.2, 0) is 4.79 Å². The average molecular weight is 213 g/mol. The van der Waals surface area contributed by atoms with Crippen LogP contribution in [0.1, 0.15) is 52.4 Å². The molecule has 1 atom stereocenters. The van der Waals surface area contributed by atoms with Crippen molar-refractivity contribution in [2.24, 2.45) is 5.41 Å². The van der Waals surface area contributed by atoms with Gasteiger partial charge in [-0.05, 0) is 32.6 Å². The van der Waals surface area contributed by atoms with E-state index in [2.05, 4.69) is 12.2 Å². The van der Waals surface area contributed by atoms with E-state index in [0.29, 0.717) is 6.42 Å². The van der Waals surface area contributed by atoms with E-state index in [4.69, 9.17) is 5.11 Å². The highest BCUT2D eigenvalue weighted by Crippen LogP contribution is 2.41. The molecule has 1 unspecified atom stereocenters. The monoisotopic (exact) mass is 213 g/mol. The molecule has 1 aliphatic carbocycles. The Morgan fingerprint density at radius 1 is 1.47 bits per heavy atom. The van der Waals surface area contributed by atoms with E-state index < -0.39 is 0 Å². The van der Waals surface area contributed by atoms with E-state index in [1.54, 1.807) is 0 Å². The number of amides is 1. The zero-order chi connectivity index (χ0) is 11.3. The van der Waals surface area contributed by atoms with E-state index in [9.17, 15) is 4.79 Å². The van der Waals surface area contributed by atoms with Crippen molar-refractivity contribution in [3.63, 3.8) is 0 Å². The number of rotatable bonds is 5. The van der Waals surface area contributed by atoms with Gasteiger partial charge in [-0.3, -0.25) is 4.79 Å². The summed E-state index contributed by atoms with van der Waals surface area (Å²) in [5.41, 5.74) is -0.107. The van der Waals surface area contributed by atoms with Crippen molar-refractivity contribution in [3.05, 3.63) is 0 Å². The van der Waals surface area contributed by atoms with E-state index in [1.807, 2.05) is 6.92 Å². The number of aliphatic hydroxyl groups excluding tert-OH is 1. The van der Waals surface area contributed by atoms with Gasteiger partial charge in [-0.2, -0.15) is 0 Å². The van der Waals surface area contributed by atoms with Crippen LogP contribution < -0.4 is 5.32 Å². The topological polar surface area (TPSA) is 49.3 Å². The van der Waals surface area contributed by atoms with Crippen molar-refractivity contribution in [2.75, 3.05) is 6.61 Å². The third-order valence-electron chi connectivity index (χ3n) is 3.66. The Morgan fingerprint density at radius 3 is 2.53 bits per heavy atom. The van der Waals surface area contributed by atoms with Crippen LogP contribution in [0.4, 0.5) is 0 Å². The SMILES string of the molecule is CCC1(C(=O)NC(C)CCO)CCCC1. The minimum absolute atomic E-state index is 0.0894. The second-order valence-corrected chi connectivity index (χ2v) is 4.73. The predicted molar refractivity (Wildman–Crippen MR) is 60.5 cm³/mol. The third-order valence-corrected chi connectivity index (χ3v) is 3.66. The molecule has 0 bridgehead atoms. The Bertz CT molecular complexity index is 210. The first kappa shape index (κ1) is 12.5. The van der Waals surface area contributed by atoms with Gasteiger partial charge >= 0.3 is 0 Å². The molecule has 88 valence electrons. The lowest BCUT2D eigenvalue weighted by molar-refractivity contribution is -0.131. The van der Waals surface area contributed by atoms with E-state index >= 15 is 0 Å². The molecule has 0 aromatic carbocycles. The first-order valence-corrected chi connectivity index (χ1v) is 6.06. The second kappa shape index (κ2) is 5.50. The van der Waals surface area contributed by atoms with Gasteiger partial charge in [-0.15, -0.1) is 0 Å². The van der Waals surface area contributed by atoms with Crippen LogP contribution in [0.5, 0.6) is 0 Å². The molecule has 15 heavy (non-hydrogen) atoms. The molecule has 1 saturated carbocycles. The van der Waals surface area contributed by atoms with Crippen LogP contribution in [0.3, 0.4) is 0 Å². The average Bonchev–Trinajstić information content (AvgIpc) is 2.67. The van der Waals surface area contributed by atoms with Gasteiger partial charge in [0.25, 0.3) is 0 Å². The van der Waals surface area contributed by atoms with Crippen LogP contribution in [0.2, 0.25) is 0 Å². The fraction of sp³-hybridized carbons (Fsp3) is 0.917. The summed E-state index contributed by atoms with van der Waals surface area (Å²) < 4.78 is 0. The fourth-order valence-electron chi connectivity index (χ4n) is 2.44. The molecule has 1 fully saturated rings. The highest BCUT2D eigenvalue weighted by Gasteiger charge is 2.39. The number of carbonyl (C=O) groups is 1. The normalized spacial score (nSPS) is 21.3. The molecule has 0 heterocycles. The minimum Gasteiger partial charge on any atom is -0.396 e. The first-order valence-electron chi connectivity index (χ1n) is 6.06. The Morgan fingerprint density at radius 2 is 2.07 bits per heavy atom. The highest BCUT2D eigenvalue weighted by atomic mass is 16.3. The third kappa shape index (κ3) is 2.94. The summed E-state index contributed by atoms with van der Waals surface area (Å²) in [6.45, 7) is 4.19. The lowest BCUT2D eigenvalue weighted by atomic mass is 9.82. The summed E-state index contributed by atoms with van der Waals surface area (Å²) >= 11 is 0. The number of aliphatic hydroxyl groups is 1. The molecule has 0 aromatic heterocycles. The quantitative estimate of drug-likeness (QED) is 0.732. The molecule has 0 radical (unpaired) electrons. The Kier molecular flexibility index (Phi) is 4.58. The van der Waals surface area contributed by atoms with Crippen molar-refractivity contribution >= 4 is 5.91 Å². The molecular weight excluding hydrogens is 190 g/mol.